The van der Waals surface area contributed by atoms with Crippen molar-refractivity contribution in [2.24, 2.45) is 5.10 Å². The Labute approximate surface area is 122 Å². The Morgan fingerprint density at radius 2 is 1.90 bits per heavy atom. The standard InChI is InChI=1S/C15H19F2N3O/c16-13-6-5-12(9-14(13)17)10-18-19-15(21)11-20-7-3-1-2-4-8-20/h5-6,9-10H,1-4,7-8,11H2,(H,19,21)/b18-10+. The molecule has 6 heteroatoms. The van der Waals surface area contributed by atoms with Gasteiger partial charge in [-0.2, -0.15) is 5.10 Å². The molecule has 0 bridgehead atoms. The molecule has 0 atom stereocenters. The van der Waals surface area contributed by atoms with Crippen LogP contribution in [0.1, 0.15) is 31.2 Å². The van der Waals surface area contributed by atoms with Crippen molar-refractivity contribution in [3.05, 3.63) is 35.4 Å². The van der Waals surface area contributed by atoms with Gasteiger partial charge in [0, 0.05) is 0 Å². The molecule has 1 saturated heterocycles. The van der Waals surface area contributed by atoms with Gasteiger partial charge in [0.05, 0.1) is 12.8 Å². The minimum atomic E-state index is -0.935. The summed E-state index contributed by atoms with van der Waals surface area (Å²) >= 11 is 0. The Morgan fingerprint density at radius 3 is 2.57 bits per heavy atom. The first-order valence-electron chi connectivity index (χ1n) is 7.14. The fraction of sp³-hybridized carbons (Fsp3) is 0.467. The summed E-state index contributed by atoms with van der Waals surface area (Å²) in [4.78, 5) is 13.8. The number of benzene rings is 1. The fourth-order valence-corrected chi connectivity index (χ4v) is 2.30. The van der Waals surface area contributed by atoms with E-state index in [-0.39, 0.29) is 5.91 Å². The quantitative estimate of drug-likeness (QED) is 0.684. The van der Waals surface area contributed by atoms with Gasteiger partial charge >= 0.3 is 0 Å². The normalized spacial score (nSPS) is 16.9. The lowest BCUT2D eigenvalue weighted by atomic mass is 10.2. The van der Waals surface area contributed by atoms with Crippen LogP contribution in [0.5, 0.6) is 0 Å². The number of hydrogen-bond acceptors (Lipinski definition) is 3. The third-order valence-corrected chi connectivity index (χ3v) is 3.41. The summed E-state index contributed by atoms with van der Waals surface area (Å²) in [5.74, 6) is -2.04. The van der Waals surface area contributed by atoms with Gasteiger partial charge < -0.3 is 0 Å². The largest absolute Gasteiger partial charge is 0.294 e. The highest BCUT2D eigenvalue weighted by atomic mass is 19.2. The third-order valence-electron chi connectivity index (χ3n) is 3.41. The van der Waals surface area contributed by atoms with Crippen molar-refractivity contribution in [2.45, 2.75) is 25.7 Å². The first-order valence-corrected chi connectivity index (χ1v) is 7.14. The maximum atomic E-state index is 13.0. The van der Waals surface area contributed by atoms with Gasteiger partial charge in [-0.3, -0.25) is 9.69 Å². The van der Waals surface area contributed by atoms with Crippen molar-refractivity contribution in [3.63, 3.8) is 0 Å². The Bertz CT molecular complexity index is 512. The Hall–Kier alpha value is -1.82. The number of carbonyl (C=O) groups excluding carboxylic acids is 1. The van der Waals surface area contributed by atoms with Crippen molar-refractivity contribution in [1.29, 1.82) is 0 Å². The molecule has 2 rings (SSSR count). The van der Waals surface area contributed by atoms with Crippen LogP contribution >= 0.6 is 0 Å². The first-order chi connectivity index (χ1) is 10.1. The summed E-state index contributed by atoms with van der Waals surface area (Å²) in [6, 6.07) is 3.44. The fourth-order valence-electron chi connectivity index (χ4n) is 2.30. The average Bonchev–Trinajstić information content (AvgIpc) is 2.71. The molecule has 0 spiro atoms. The van der Waals surface area contributed by atoms with Crippen LogP contribution < -0.4 is 5.43 Å². The highest BCUT2D eigenvalue weighted by molar-refractivity contribution is 5.83. The zero-order chi connectivity index (χ0) is 15.1. The van der Waals surface area contributed by atoms with Gasteiger partial charge in [-0.25, -0.2) is 14.2 Å². The van der Waals surface area contributed by atoms with Gasteiger partial charge in [-0.15, -0.1) is 0 Å². The predicted octanol–water partition coefficient (Wildman–Crippen LogP) is 2.29. The van der Waals surface area contributed by atoms with Crippen LogP contribution in [0.25, 0.3) is 0 Å². The molecule has 1 fully saturated rings. The molecule has 1 aliphatic heterocycles. The number of nitrogens with zero attached hydrogens (tertiary/aromatic N) is 2. The second-order valence-electron chi connectivity index (χ2n) is 5.16. The number of nitrogens with one attached hydrogen (secondary N) is 1. The van der Waals surface area contributed by atoms with Gasteiger partial charge in [0.25, 0.3) is 5.91 Å². The molecular formula is C15H19F2N3O. The molecule has 1 aromatic rings. The number of likely N-dealkylation sites (tertiary alicyclic amines) is 1. The topological polar surface area (TPSA) is 44.7 Å². The first kappa shape index (κ1) is 15.6. The SMILES string of the molecule is O=C(CN1CCCCCC1)N/N=C/c1ccc(F)c(F)c1. The number of rotatable bonds is 4. The van der Waals surface area contributed by atoms with E-state index in [0.29, 0.717) is 12.1 Å². The molecule has 1 aliphatic rings. The minimum Gasteiger partial charge on any atom is -0.294 e. The average molecular weight is 295 g/mol. The van der Waals surface area contributed by atoms with E-state index in [1.807, 2.05) is 0 Å². The Morgan fingerprint density at radius 1 is 1.19 bits per heavy atom. The van der Waals surface area contributed by atoms with Crippen molar-refractivity contribution in [2.75, 3.05) is 19.6 Å². The minimum absolute atomic E-state index is 0.198. The summed E-state index contributed by atoms with van der Waals surface area (Å²) in [7, 11) is 0. The van der Waals surface area contributed by atoms with E-state index in [9.17, 15) is 13.6 Å². The van der Waals surface area contributed by atoms with E-state index in [4.69, 9.17) is 0 Å². The second kappa shape index (κ2) is 7.83. The van der Waals surface area contributed by atoms with Gasteiger partial charge in [0.2, 0.25) is 0 Å². The summed E-state index contributed by atoms with van der Waals surface area (Å²) in [5, 5.41) is 3.76. The number of amides is 1. The molecule has 114 valence electrons. The molecule has 4 nitrogen and oxygen atoms in total. The van der Waals surface area contributed by atoms with Gasteiger partial charge in [-0.05, 0) is 43.6 Å². The summed E-state index contributed by atoms with van der Waals surface area (Å²) in [6.07, 6.45) is 5.96. The number of halogens is 2. The van der Waals surface area contributed by atoms with E-state index in [0.717, 1.165) is 38.1 Å². The lowest BCUT2D eigenvalue weighted by Crippen LogP contribution is -2.35. The molecule has 1 heterocycles. The predicted molar refractivity (Wildman–Crippen MR) is 77.0 cm³/mol. The molecule has 21 heavy (non-hydrogen) atoms. The summed E-state index contributed by atoms with van der Waals surface area (Å²) in [5.41, 5.74) is 2.80. The maximum absolute atomic E-state index is 13.0. The van der Waals surface area contributed by atoms with Crippen molar-refractivity contribution in [3.8, 4) is 0 Å². The third kappa shape index (κ3) is 5.23. The van der Waals surface area contributed by atoms with Crippen LogP contribution in [0.4, 0.5) is 8.78 Å². The highest BCUT2D eigenvalue weighted by Gasteiger charge is 2.12. The molecule has 1 amide bonds. The number of hydrogen-bond donors (Lipinski definition) is 1. The highest BCUT2D eigenvalue weighted by Crippen LogP contribution is 2.09. The molecule has 0 unspecified atom stereocenters. The Balaban J connectivity index is 1.79. The van der Waals surface area contributed by atoms with E-state index in [1.165, 1.54) is 25.1 Å². The molecule has 0 saturated carbocycles. The summed E-state index contributed by atoms with van der Waals surface area (Å²) in [6.45, 7) is 2.18. The van der Waals surface area contributed by atoms with E-state index < -0.39 is 11.6 Å². The van der Waals surface area contributed by atoms with Gasteiger partial charge in [-0.1, -0.05) is 18.9 Å². The monoisotopic (exact) mass is 295 g/mol. The van der Waals surface area contributed by atoms with E-state index in [1.54, 1.807) is 0 Å². The number of hydrazone groups is 1. The second-order valence-corrected chi connectivity index (χ2v) is 5.16. The maximum Gasteiger partial charge on any atom is 0.254 e. The van der Waals surface area contributed by atoms with Crippen molar-refractivity contribution >= 4 is 12.1 Å². The lowest BCUT2D eigenvalue weighted by molar-refractivity contribution is -0.122. The summed E-state index contributed by atoms with van der Waals surface area (Å²) < 4.78 is 25.7. The van der Waals surface area contributed by atoms with Crippen LogP contribution in [-0.4, -0.2) is 36.7 Å². The van der Waals surface area contributed by atoms with Crippen LogP contribution in [0.3, 0.4) is 0 Å². The van der Waals surface area contributed by atoms with Crippen LogP contribution in [0, 0.1) is 11.6 Å². The van der Waals surface area contributed by atoms with Crippen LogP contribution in [-0.2, 0) is 4.79 Å². The van der Waals surface area contributed by atoms with E-state index >= 15 is 0 Å². The molecule has 0 aromatic heterocycles. The molecular weight excluding hydrogens is 276 g/mol. The van der Waals surface area contributed by atoms with Crippen molar-refractivity contribution in [1.82, 2.24) is 10.3 Å². The lowest BCUT2D eigenvalue weighted by Gasteiger charge is -2.17. The molecule has 0 radical (unpaired) electrons. The van der Waals surface area contributed by atoms with E-state index in [2.05, 4.69) is 15.4 Å². The number of carbonyl (C=O) groups is 1. The molecule has 1 aromatic carbocycles. The molecule has 0 aliphatic carbocycles. The zero-order valence-electron chi connectivity index (χ0n) is 11.8. The zero-order valence-corrected chi connectivity index (χ0v) is 11.8. The van der Waals surface area contributed by atoms with Crippen LogP contribution in [0.15, 0.2) is 23.3 Å². The van der Waals surface area contributed by atoms with Gasteiger partial charge in [0.1, 0.15) is 0 Å². The molecule has 1 N–H and O–H groups in total. The van der Waals surface area contributed by atoms with Crippen LogP contribution in [0.2, 0.25) is 0 Å². The van der Waals surface area contributed by atoms with Crippen molar-refractivity contribution < 1.29 is 13.6 Å². The van der Waals surface area contributed by atoms with Gasteiger partial charge in [0.15, 0.2) is 11.6 Å². The smallest absolute Gasteiger partial charge is 0.254 e. The Kier molecular flexibility index (Phi) is 5.80.